The number of hydrogen-bond acceptors (Lipinski definition) is 4. The van der Waals surface area contributed by atoms with Crippen LogP contribution >= 0.6 is 0 Å². The number of carbonyl (C=O) groups is 2. The number of aryl methyl sites for hydroxylation is 1. The molecule has 2 aromatic rings. The third-order valence-electron chi connectivity index (χ3n) is 4.08. The molecule has 0 radical (unpaired) electrons. The summed E-state index contributed by atoms with van der Waals surface area (Å²) in [7, 11) is 0. The van der Waals surface area contributed by atoms with Crippen molar-refractivity contribution < 1.29 is 9.59 Å². The van der Waals surface area contributed by atoms with Crippen molar-refractivity contribution in [3.63, 3.8) is 0 Å². The van der Waals surface area contributed by atoms with Gasteiger partial charge in [0.15, 0.2) is 0 Å². The molecule has 1 saturated heterocycles. The summed E-state index contributed by atoms with van der Waals surface area (Å²) < 4.78 is 0. The van der Waals surface area contributed by atoms with E-state index in [2.05, 4.69) is 22.2 Å². The maximum Gasteiger partial charge on any atom is 0.232 e. The monoisotopic (exact) mass is 324 g/mol. The third-order valence-corrected chi connectivity index (χ3v) is 4.08. The first-order valence-corrected chi connectivity index (χ1v) is 8.14. The topological polar surface area (TPSA) is 75.2 Å². The Labute approximate surface area is 140 Å². The number of nitrogens with one attached hydrogen (secondary N) is 1. The van der Waals surface area contributed by atoms with Gasteiger partial charge in [0.05, 0.1) is 5.92 Å². The van der Waals surface area contributed by atoms with E-state index in [9.17, 15) is 9.59 Å². The highest BCUT2D eigenvalue weighted by atomic mass is 16.2. The second-order valence-corrected chi connectivity index (χ2v) is 5.88. The number of nitrogens with zero attached hydrogens (tertiary/aromatic N) is 3. The summed E-state index contributed by atoms with van der Waals surface area (Å²) in [6, 6.07) is 9.65. The Morgan fingerprint density at radius 1 is 1.25 bits per heavy atom. The van der Waals surface area contributed by atoms with Crippen molar-refractivity contribution in [1.82, 2.24) is 9.97 Å². The van der Waals surface area contributed by atoms with Gasteiger partial charge in [0.1, 0.15) is 0 Å². The lowest BCUT2D eigenvalue weighted by molar-refractivity contribution is -0.122. The Kier molecular flexibility index (Phi) is 4.84. The number of rotatable bonds is 5. The molecular formula is C18H20N4O2. The van der Waals surface area contributed by atoms with Gasteiger partial charge in [-0.05, 0) is 30.2 Å². The minimum Gasteiger partial charge on any atom is -0.312 e. The van der Waals surface area contributed by atoms with Crippen LogP contribution in [0.15, 0.2) is 42.7 Å². The maximum absolute atomic E-state index is 12.3. The van der Waals surface area contributed by atoms with E-state index < -0.39 is 5.92 Å². The van der Waals surface area contributed by atoms with Crippen molar-refractivity contribution in [1.29, 1.82) is 0 Å². The SMILES string of the molecule is CCCc1ccc(N2CC(C(=O)Nc3ncccn3)CC2=O)cc1. The Bertz CT molecular complexity index is 716. The Balaban J connectivity index is 1.65. The molecule has 1 aliphatic heterocycles. The number of amides is 2. The fraction of sp³-hybridized carbons (Fsp3) is 0.333. The molecule has 0 saturated carbocycles. The van der Waals surface area contributed by atoms with Crippen LogP contribution in [0.2, 0.25) is 0 Å². The van der Waals surface area contributed by atoms with Crippen molar-refractivity contribution in [3.8, 4) is 0 Å². The predicted molar refractivity (Wildman–Crippen MR) is 91.6 cm³/mol. The summed E-state index contributed by atoms with van der Waals surface area (Å²) >= 11 is 0. The number of anilines is 2. The van der Waals surface area contributed by atoms with E-state index in [1.165, 1.54) is 5.56 Å². The van der Waals surface area contributed by atoms with E-state index in [1.807, 2.05) is 24.3 Å². The smallest absolute Gasteiger partial charge is 0.232 e. The molecule has 1 atom stereocenters. The van der Waals surface area contributed by atoms with Crippen LogP contribution in [0.3, 0.4) is 0 Å². The zero-order chi connectivity index (χ0) is 16.9. The van der Waals surface area contributed by atoms with Gasteiger partial charge in [0.2, 0.25) is 17.8 Å². The first kappa shape index (κ1) is 16.1. The number of carbonyl (C=O) groups excluding carboxylic acids is 2. The van der Waals surface area contributed by atoms with Gasteiger partial charge in [-0.25, -0.2) is 9.97 Å². The molecule has 3 rings (SSSR count). The molecule has 1 aromatic carbocycles. The van der Waals surface area contributed by atoms with Gasteiger partial charge in [-0.1, -0.05) is 25.5 Å². The fourth-order valence-corrected chi connectivity index (χ4v) is 2.84. The standard InChI is InChI=1S/C18H20N4O2/c1-2-4-13-5-7-15(8-6-13)22-12-14(11-16(22)23)17(24)21-18-19-9-3-10-20-18/h3,5-10,14H,2,4,11-12H2,1H3,(H,19,20,21,24). The summed E-state index contributed by atoms with van der Waals surface area (Å²) in [5.41, 5.74) is 2.09. The average molecular weight is 324 g/mol. The lowest BCUT2D eigenvalue weighted by atomic mass is 10.1. The first-order valence-electron chi connectivity index (χ1n) is 8.14. The first-order chi connectivity index (χ1) is 11.7. The van der Waals surface area contributed by atoms with Crippen LogP contribution in [0.1, 0.15) is 25.3 Å². The highest BCUT2D eigenvalue weighted by Crippen LogP contribution is 2.26. The molecule has 0 aliphatic carbocycles. The summed E-state index contributed by atoms with van der Waals surface area (Å²) in [6.45, 7) is 2.52. The quantitative estimate of drug-likeness (QED) is 0.916. The molecule has 1 unspecified atom stereocenters. The highest BCUT2D eigenvalue weighted by molar-refractivity contribution is 6.03. The van der Waals surface area contributed by atoms with Crippen molar-refractivity contribution >= 4 is 23.5 Å². The van der Waals surface area contributed by atoms with Gasteiger partial charge in [0, 0.05) is 31.0 Å². The van der Waals surface area contributed by atoms with Crippen LogP contribution < -0.4 is 10.2 Å². The molecule has 2 heterocycles. The molecule has 0 spiro atoms. The van der Waals surface area contributed by atoms with Gasteiger partial charge in [-0.2, -0.15) is 0 Å². The van der Waals surface area contributed by atoms with Gasteiger partial charge < -0.3 is 4.90 Å². The van der Waals surface area contributed by atoms with Gasteiger partial charge in [-0.15, -0.1) is 0 Å². The van der Waals surface area contributed by atoms with Gasteiger partial charge in [0.25, 0.3) is 0 Å². The van der Waals surface area contributed by atoms with Crippen molar-refractivity contribution in [2.45, 2.75) is 26.2 Å². The lowest BCUT2D eigenvalue weighted by Crippen LogP contribution is -2.28. The maximum atomic E-state index is 12.3. The molecule has 24 heavy (non-hydrogen) atoms. The number of aromatic nitrogens is 2. The normalized spacial score (nSPS) is 17.1. The molecule has 1 N–H and O–H groups in total. The van der Waals surface area contributed by atoms with E-state index in [4.69, 9.17) is 0 Å². The van der Waals surface area contributed by atoms with Crippen molar-refractivity contribution in [2.24, 2.45) is 5.92 Å². The molecule has 2 amide bonds. The molecule has 1 aliphatic rings. The van der Waals surface area contributed by atoms with Gasteiger partial charge in [-0.3, -0.25) is 14.9 Å². The van der Waals surface area contributed by atoms with Crippen LogP contribution in [-0.4, -0.2) is 28.3 Å². The van der Waals surface area contributed by atoms with Crippen LogP contribution in [0.4, 0.5) is 11.6 Å². The van der Waals surface area contributed by atoms with E-state index in [1.54, 1.807) is 23.4 Å². The minimum absolute atomic E-state index is 0.0348. The molecule has 0 bridgehead atoms. The van der Waals surface area contributed by atoms with Crippen LogP contribution in [0, 0.1) is 5.92 Å². The second-order valence-electron chi connectivity index (χ2n) is 5.88. The zero-order valence-electron chi connectivity index (χ0n) is 13.6. The molecule has 6 heteroatoms. The largest absolute Gasteiger partial charge is 0.312 e. The van der Waals surface area contributed by atoms with Crippen LogP contribution in [0.5, 0.6) is 0 Å². The summed E-state index contributed by atoms with van der Waals surface area (Å²) in [5, 5.41) is 2.66. The van der Waals surface area contributed by atoms with E-state index in [-0.39, 0.29) is 24.2 Å². The summed E-state index contributed by atoms with van der Waals surface area (Å²) in [5.74, 6) is -0.388. The Morgan fingerprint density at radius 3 is 2.62 bits per heavy atom. The van der Waals surface area contributed by atoms with Crippen molar-refractivity contribution in [2.75, 3.05) is 16.8 Å². The average Bonchev–Trinajstić information content (AvgIpc) is 2.99. The fourth-order valence-electron chi connectivity index (χ4n) is 2.84. The molecule has 1 aromatic heterocycles. The summed E-state index contributed by atoms with van der Waals surface area (Å²) in [4.78, 5) is 34.2. The zero-order valence-corrected chi connectivity index (χ0v) is 13.6. The molecular weight excluding hydrogens is 304 g/mol. The Morgan fingerprint density at radius 2 is 1.96 bits per heavy atom. The Hall–Kier alpha value is -2.76. The van der Waals surface area contributed by atoms with Crippen LogP contribution in [-0.2, 0) is 16.0 Å². The lowest BCUT2D eigenvalue weighted by Gasteiger charge is -2.17. The van der Waals surface area contributed by atoms with E-state index in [0.717, 1.165) is 18.5 Å². The predicted octanol–water partition coefficient (Wildman–Crippen LogP) is 2.42. The molecule has 124 valence electrons. The van der Waals surface area contributed by atoms with Crippen LogP contribution in [0.25, 0.3) is 0 Å². The summed E-state index contributed by atoms with van der Waals surface area (Å²) in [6.07, 6.45) is 5.44. The van der Waals surface area contributed by atoms with E-state index in [0.29, 0.717) is 6.54 Å². The molecule has 1 fully saturated rings. The minimum atomic E-state index is -0.392. The van der Waals surface area contributed by atoms with Crippen molar-refractivity contribution in [3.05, 3.63) is 48.3 Å². The number of benzene rings is 1. The van der Waals surface area contributed by atoms with E-state index >= 15 is 0 Å². The highest BCUT2D eigenvalue weighted by Gasteiger charge is 2.35. The molecule has 6 nitrogen and oxygen atoms in total. The van der Waals surface area contributed by atoms with Gasteiger partial charge >= 0.3 is 0 Å². The third kappa shape index (κ3) is 3.59. The second kappa shape index (κ2) is 7.21. The number of hydrogen-bond donors (Lipinski definition) is 1.